The summed E-state index contributed by atoms with van der Waals surface area (Å²) in [5, 5.41) is 0.592. The number of aryl methyl sites for hydroxylation is 1. The van der Waals surface area contributed by atoms with E-state index in [0.717, 1.165) is 44.2 Å². The molecule has 1 saturated carbocycles. The van der Waals surface area contributed by atoms with Gasteiger partial charge in [-0.1, -0.05) is 51.0 Å². The summed E-state index contributed by atoms with van der Waals surface area (Å²) in [6.45, 7) is 6.99. The van der Waals surface area contributed by atoms with Gasteiger partial charge in [0, 0.05) is 12.5 Å². The lowest BCUT2D eigenvalue weighted by Crippen LogP contribution is -2.39. The molecule has 0 N–H and O–H groups in total. The molecule has 168 valence electrons. The zero-order chi connectivity index (χ0) is 22.7. The van der Waals surface area contributed by atoms with Crippen LogP contribution >= 0.6 is 0 Å². The SMILES string of the molecule is CCCCCN(C(=O)C1CC1)C(C)c1nc2ccccc2c(=O)n1-c1ccc(CC)cc1. The molecule has 0 aliphatic heterocycles. The van der Waals surface area contributed by atoms with Gasteiger partial charge in [-0.2, -0.15) is 0 Å². The van der Waals surface area contributed by atoms with Crippen molar-refractivity contribution in [3.8, 4) is 5.69 Å². The van der Waals surface area contributed by atoms with Crippen LogP contribution in [0.3, 0.4) is 0 Å². The fraction of sp³-hybridized carbons (Fsp3) is 0.444. The Morgan fingerprint density at radius 1 is 1.09 bits per heavy atom. The first-order chi connectivity index (χ1) is 15.5. The van der Waals surface area contributed by atoms with Crippen molar-refractivity contribution in [2.24, 2.45) is 5.92 Å². The maximum absolute atomic E-state index is 13.6. The van der Waals surface area contributed by atoms with Crippen molar-refractivity contribution in [2.75, 3.05) is 6.54 Å². The highest BCUT2D eigenvalue weighted by molar-refractivity contribution is 5.82. The number of hydrogen-bond donors (Lipinski definition) is 0. The smallest absolute Gasteiger partial charge is 0.266 e. The number of aromatic nitrogens is 2. The Bertz CT molecular complexity index is 1150. The summed E-state index contributed by atoms with van der Waals surface area (Å²) in [5.41, 5.74) is 2.59. The molecule has 32 heavy (non-hydrogen) atoms. The van der Waals surface area contributed by atoms with Gasteiger partial charge in [0.05, 0.1) is 22.6 Å². The zero-order valence-electron chi connectivity index (χ0n) is 19.4. The topological polar surface area (TPSA) is 55.2 Å². The molecule has 1 aliphatic carbocycles. The summed E-state index contributed by atoms with van der Waals surface area (Å²) >= 11 is 0. The standard InChI is InChI=1S/C27H33N3O2/c1-4-6-9-18-29(26(31)21-14-15-21)19(3)25-28-24-11-8-7-10-23(24)27(32)30(25)22-16-12-20(5-2)13-17-22/h7-8,10-13,16-17,19,21H,4-6,9,14-15,18H2,1-3H3. The normalized spacial score (nSPS) is 14.5. The molecule has 1 amide bonds. The van der Waals surface area contributed by atoms with Crippen molar-refractivity contribution < 1.29 is 4.79 Å². The minimum absolute atomic E-state index is 0.0888. The molecule has 1 aliphatic rings. The van der Waals surface area contributed by atoms with Crippen molar-refractivity contribution >= 4 is 16.8 Å². The molecule has 5 heteroatoms. The third-order valence-electron chi connectivity index (χ3n) is 6.46. The van der Waals surface area contributed by atoms with E-state index in [2.05, 4.69) is 26.0 Å². The van der Waals surface area contributed by atoms with Gasteiger partial charge in [-0.25, -0.2) is 4.98 Å². The molecular formula is C27H33N3O2. The van der Waals surface area contributed by atoms with Gasteiger partial charge in [0.25, 0.3) is 5.56 Å². The monoisotopic (exact) mass is 431 g/mol. The van der Waals surface area contributed by atoms with Crippen molar-refractivity contribution in [2.45, 2.75) is 65.3 Å². The van der Waals surface area contributed by atoms with Gasteiger partial charge in [-0.15, -0.1) is 0 Å². The Morgan fingerprint density at radius 2 is 1.81 bits per heavy atom. The second-order valence-corrected chi connectivity index (χ2v) is 8.84. The van der Waals surface area contributed by atoms with Crippen molar-refractivity contribution in [1.82, 2.24) is 14.5 Å². The second-order valence-electron chi connectivity index (χ2n) is 8.84. The maximum Gasteiger partial charge on any atom is 0.266 e. The van der Waals surface area contributed by atoms with Crippen LogP contribution in [0.5, 0.6) is 0 Å². The van der Waals surface area contributed by atoms with Crippen LogP contribution in [0, 0.1) is 5.92 Å². The quantitative estimate of drug-likeness (QED) is 0.424. The van der Waals surface area contributed by atoms with E-state index in [4.69, 9.17) is 4.98 Å². The van der Waals surface area contributed by atoms with Gasteiger partial charge in [-0.3, -0.25) is 14.2 Å². The summed E-state index contributed by atoms with van der Waals surface area (Å²) < 4.78 is 1.71. The van der Waals surface area contributed by atoms with E-state index >= 15 is 0 Å². The van der Waals surface area contributed by atoms with Crippen molar-refractivity contribution in [1.29, 1.82) is 0 Å². The number of carbonyl (C=O) groups is 1. The van der Waals surface area contributed by atoms with Crippen LogP contribution in [0.2, 0.25) is 0 Å². The third kappa shape index (κ3) is 4.47. The first-order valence-electron chi connectivity index (χ1n) is 12.0. The minimum Gasteiger partial charge on any atom is -0.333 e. The molecule has 0 saturated heterocycles. The number of fused-ring (bicyclic) bond motifs is 1. The van der Waals surface area contributed by atoms with Crippen molar-refractivity contribution in [3.63, 3.8) is 0 Å². The Labute approximate surface area is 190 Å². The van der Waals surface area contributed by atoms with Crippen LogP contribution in [0.4, 0.5) is 0 Å². The summed E-state index contributed by atoms with van der Waals surface area (Å²) in [7, 11) is 0. The molecule has 5 nitrogen and oxygen atoms in total. The van der Waals surface area contributed by atoms with Crippen LogP contribution in [0.25, 0.3) is 16.6 Å². The second kappa shape index (κ2) is 9.68. The Hall–Kier alpha value is -2.95. The molecule has 1 aromatic heterocycles. The van der Waals surface area contributed by atoms with Gasteiger partial charge in [0.2, 0.25) is 5.91 Å². The molecule has 0 radical (unpaired) electrons. The molecule has 1 unspecified atom stereocenters. The molecule has 2 aromatic carbocycles. The number of benzene rings is 2. The number of hydrogen-bond acceptors (Lipinski definition) is 3. The molecule has 0 spiro atoms. The Kier molecular flexibility index (Phi) is 6.73. The summed E-state index contributed by atoms with van der Waals surface area (Å²) in [6, 6.07) is 15.3. The molecule has 1 heterocycles. The predicted octanol–water partition coefficient (Wildman–Crippen LogP) is 5.44. The van der Waals surface area contributed by atoms with E-state index in [-0.39, 0.29) is 23.4 Å². The summed E-state index contributed by atoms with van der Waals surface area (Å²) in [5.74, 6) is 0.955. The zero-order valence-corrected chi connectivity index (χ0v) is 19.4. The van der Waals surface area contributed by atoms with Gasteiger partial charge < -0.3 is 4.90 Å². The third-order valence-corrected chi connectivity index (χ3v) is 6.46. The van der Waals surface area contributed by atoms with E-state index in [9.17, 15) is 9.59 Å². The lowest BCUT2D eigenvalue weighted by Gasteiger charge is -2.31. The molecule has 0 bridgehead atoms. The molecule has 3 aromatic rings. The number of amides is 1. The fourth-order valence-electron chi connectivity index (χ4n) is 4.29. The minimum atomic E-state index is -0.289. The average Bonchev–Trinajstić information content (AvgIpc) is 3.67. The largest absolute Gasteiger partial charge is 0.333 e. The van der Waals surface area contributed by atoms with Gasteiger partial charge in [0.1, 0.15) is 5.82 Å². The number of rotatable bonds is 9. The highest BCUT2D eigenvalue weighted by Gasteiger charge is 2.36. The first-order valence-corrected chi connectivity index (χ1v) is 12.0. The van der Waals surface area contributed by atoms with Crippen LogP contribution in [0.15, 0.2) is 53.3 Å². The van der Waals surface area contributed by atoms with E-state index in [1.165, 1.54) is 5.56 Å². The van der Waals surface area contributed by atoms with Gasteiger partial charge in [-0.05, 0) is 62.4 Å². The lowest BCUT2D eigenvalue weighted by molar-refractivity contribution is -0.135. The van der Waals surface area contributed by atoms with Crippen molar-refractivity contribution in [3.05, 3.63) is 70.3 Å². The first kappa shape index (κ1) is 22.3. The molecule has 1 fully saturated rings. The highest BCUT2D eigenvalue weighted by atomic mass is 16.2. The number of nitrogens with zero attached hydrogens (tertiary/aromatic N) is 3. The molecular weight excluding hydrogens is 398 g/mol. The van der Waals surface area contributed by atoms with Crippen LogP contribution in [0.1, 0.15) is 70.3 Å². The summed E-state index contributed by atoms with van der Waals surface area (Å²) in [6.07, 6.45) is 6.01. The van der Waals surface area contributed by atoms with E-state index in [1.54, 1.807) is 4.57 Å². The summed E-state index contributed by atoms with van der Waals surface area (Å²) in [4.78, 5) is 33.7. The van der Waals surface area contributed by atoms with E-state index in [0.29, 0.717) is 23.3 Å². The Balaban J connectivity index is 1.84. The average molecular weight is 432 g/mol. The molecule has 4 rings (SSSR count). The van der Waals surface area contributed by atoms with Crippen LogP contribution in [-0.4, -0.2) is 26.9 Å². The maximum atomic E-state index is 13.6. The van der Waals surface area contributed by atoms with Gasteiger partial charge in [0.15, 0.2) is 0 Å². The highest BCUT2D eigenvalue weighted by Crippen LogP contribution is 2.34. The fourth-order valence-corrected chi connectivity index (χ4v) is 4.29. The predicted molar refractivity (Wildman–Crippen MR) is 129 cm³/mol. The van der Waals surface area contributed by atoms with Gasteiger partial charge >= 0.3 is 0 Å². The Morgan fingerprint density at radius 3 is 2.47 bits per heavy atom. The van der Waals surface area contributed by atoms with Crippen LogP contribution < -0.4 is 5.56 Å². The molecule has 1 atom stereocenters. The number of unbranched alkanes of at least 4 members (excludes halogenated alkanes) is 2. The van der Waals surface area contributed by atoms with E-state index in [1.807, 2.05) is 48.2 Å². The lowest BCUT2D eigenvalue weighted by atomic mass is 10.1. The van der Waals surface area contributed by atoms with E-state index < -0.39 is 0 Å². The number of carbonyl (C=O) groups excluding carboxylic acids is 1. The van der Waals surface area contributed by atoms with Crippen LogP contribution in [-0.2, 0) is 11.2 Å². The number of para-hydroxylation sites is 1.